The summed E-state index contributed by atoms with van der Waals surface area (Å²) in [5.41, 5.74) is -0.566. The Labute approximate surface area is 201 Å². The monoisotopic (exact) mass is 530 g/mol. The molecule has 5 N–H and O–H groups in total. The highest BCUT2D eigenvalue weighted by atomic mass is 32.1. The second-order valence-corrected chi connectivity index (χ2v) is 11.5. The number of alkyl halides is 3. The van der Waals surface area contributed by atoms with Crippen molar-refractivity contribution in [1.29, 1.82) is 0 Å². The molecule has 188 valence electrons. The molecule has 2 aromatic heterocycles. The van der Waals surface area contributed by atoms with E-state index in [1.807, 2.05) is 6.07 Å². The molecule has 35 heavy (non-hydrogen) atoms. The minimum Gasteiger partial charge on any atom is -0.383 e. The number of anilines is 2. The fraction of sp³-hybridized carbons (Fsp3) is 0.381. The first-order valence-corrected chi connectivity index (χ1v) is 12.9. The Balaban J connectivity index is 1.56. The first-order valence-electron chi connectivity index (χ1n) is 10.4. The Morgan fingerprint density at radius 2 is 1.77 bits per heavy atom. The maximum atomic E-state index is 12.9. The second kappa shape index (κ2) is 8.91. The number of aromatic nitrogens is 3. The summed E-state index contributed by atoms with van der Waals surface area (Å²) in [7, 11) is -4.75. The van der Waals surface area contributed by atoms with Crippen molar-refractivity contribution in [2.75, 3.05) is 5.32 Å². The lowest BCUT2D eigenvalue weighted by atomic mass is 9.83. The van der Waals surface area contributed by atoms with Crippen molar-refractivity contribution in [2.45, 2.75) is 49.7 Å². The van der Waals surface area contributed by atoms with Crippen LogP contribution in [-0.2, 0) is 16.3 Å². The molecule has 3 aromatic rings. The molecule has 0 spiro atoms. The molecule has 1 aliphatic rings. The Bertz CT molecular complexity index is 1290. The van der Waals surface area contributed by atoms with Gasteiger partial charge in [0.1, 0.15) is 16.3 Å². The van der Waals surface area contributed by atoms with Crippen LogP contribution in [0, 0.1) is 6.92 Å². The van der Waals surface area contributed by atoms with E-state index in [-0.39, 0.29) is 31.6 Å². The van der Waals surface area contributed by atoms with E-state index < -0.39 is 30.4 Å². The number of hydrogen-bond acceptors (Lipinski definition) is 8. The summed E-state index contributed by atoms with van der Waals surface area (Å²) in [5, 5.41) is 22.3. The largest absolute Gasteiger partial charge is 0.433 e. The van der Waals surface area contributed by atoms with Gasteiger partial charge in [-0.3, -0.25) is 4.57 Å². The van der Waals surface area contributed by atoms with Gasteiger partial charge in [0.05, 0.1) is 4.88 Å². The van der Waals surface area contributed by atoms with Crippen LogP contribution in [-0.4, -0.2) is 40.3 Å². The van der Waals surface area contributed by atoms with Gasteiger partial charge in [0.2, 0.25) is 5.95 Å². The van der Waals surface area contributed by atoms with Crippen LogP contribution < -0.4 is 5.32 Å². The van der Waals surface area contributed by atoms with Gasteiger partial charge in [-0.1, -0.05) is 6.07 Å². The van der Waals surface area contributed by atoms with Gasteiger partial charge < -0.3 is 25.3 Å². The predicted octanol–water partition coefficient (Wildman–Crippen LogP) is 4.30. The first-order chi connectivity index (χ1) is 16.2. The molecular weight excluding hydrogens is 508 g/mol. The van der Waals surface area contributed by atoms with E-state index in [1.54, 1.807) is 25.3 Å². The molecule has 14 heteroatoms. The predicted molar refractivity (Wildman–Crippen MR) is 122 cm³/mol. The summed E-state index contributed by atoms with van der Waals surface area (Å²) >= 11 is 1.18. The summed E-state index contributed by atoms with van der Waals surface area (Å²) in [5.74, 6) is -0.213. The van der Waals surface area contributed by atoms with Crippen molar-refractivity contribution in [3.05, 3.63) is 52.9 Å². The van der Waals surface area contributed by atoms with Crippen molar-refractivity contribution in [1.82, 2.24) is 15.0 Å². The molecular formula is C21H22F3N4O5PS. The Hall–Kier alpha value is -2.41. The Morgan fingerprint density at radius 3 is 2.40 bits per heavy atom. The summed E-state index contributed by atoms with van der Waals surface area (Å²) in [6.45, 7) is 1.81. The molecule has 9 nitrogen and oxygen atoms in total. The topological polar surface area (TPSA) is 149 Å². The van der Waals surface area contributed by atoms with E-state index in [9.17, 15) is 37.7 Å². The van der Waals surface area contributed by atoms with Crippen LogP contribution in [0.15, 0.2) is 36.7 Å². The quantitative estimate of drug-likeness (QED) is 0.305. The van der Waals surface area contributed by atoms with Crippen molar-refractivity contribution in [3.63, 3.8) is 0 Å². The fourth-order valence-corrected chi connectivity index (χ4v) is 5.75. The highest BCUT2D eigenvalue weighted by molar-refractivity contribution is 7.53. The molecule has 0 atom stereocenters. The van der Waals surface area contributed by atoms with E-state index in [4.69, 9.17) is 0 Å². The molecule has 1 fully saturated rings. The average Bonchev–Trinajstić information content (AvgIpc) is 3.26. The molecule has 0 bridgehead atoms. The van der Waals surface area contributed by atoms with E-state index in [1.165, 1.54) is 11.3 Å². The smallest absolute Gasteiger partial charge is 0.383 e. The van der Waals surface area contributed by atoms with Gasteiger partial charge in [-0.2, -0.15) is 13.2 Å². The highest BCUT2D eigenvalue weighted by Crippen LogP contribution is 2.58. The third kappa shape index (κ3) is 5.40. The summed E-state index contributed by atoms with van der Waals surface area (Å²) in [6.07, 6.45) is -2.75. The van der Waals surface area contributed by atoms with E-state index >= 15 is 0 Å². The lowest BCUT2D eigenvalue weighted by Gasteiger charge is -2.39. The highest BCUT2D eigenvalue weighted by Gasteiger charge is 2.52. The van der Waals surface area contributed by atoms with Crippen LogP contribution in [0.4, 0.5) is 24.8 Å². The van der Waals surface area contributed by atoms with Gasteiger partial charge >= 0.3 is 13.8 Å². The van der Waals surface area contributed by atoms with Gasteiger partial charge in [0.25, 0.3) is 0 Å². The number of nitrogens with one attached hydrogen (secondary N) is 1. The fourth-order valence-electron chi connectivity index (χ4n) is 3.90. The van der Waals surface area contributed by atoms with Crippen LogP contribution in [0.2, 0.25) is 0 Å². The molecule has 0 saturated heterocycles. The number of halogens is 3. The van der Waals surface area contributed by atoms with Gasteiger partial charge in [-0.15, -0.1) is 11.3 Å². The average molecular weight is 530 g/mol. The van der Waals surface area contributed by atoms with Crippen LogP contribution in [0.3, 0.4) is 0 Å². The molecule has 1 aromatic carbocycles. The normalized spacial score (nSPS) is 23.3. The van der Waals surface area contributed by atoms with Gasteiger partial charge in [0, 0.05) is 18.1 Å². The van der Waals surface area contributed by atoms with Crippen LogP contribution >= 0.6 is 18.9 Å². The van der Waals surface area contributed by atoms with Crippen molar-refractivity contribution >= 4 is 30.6 Å². The second-order valence-electron chi connectivity index (χ2n) is 8.56. The zero-order valence-electron chi connectivity index (χ0n) is 18.3. The Morgan fingerprint density at radius 1 is 1.09 bits per heavy atom. The van der Waals surface area contributed by atoms with Crippen molar-refractivity contribution < 1.29 is 37.7 Å². The van der Waals surface area contributed by atoms with Gasteiger partial charge in [-0.05, 0) is 61.9 Å². The van der Waals surface area contributed by atoms with Gasteiger partial charge in [-0.25, -0.2) is 15.0 Å². The van der Waals surface area contributed by atoms with E-state index in [0.29, 0.717) is 21.1 Å². The number of benzene rings is 1. The standard InChI is InChI=1S/C21H22F3N4O5PS/c1-12-8-13(10-14(9-12)27-18-25-7-2-16(28-18)21(22,23)24)15-11-26-17(35-15)19(29)3-5-20(30,6-4-19)34(31,32)33/h2,7-11,29-30H,3-6H2,1H3,(H,25,27,28)(H2,31,32,33). The summed E-state index contributed by atoms with van der Waals surface area (Å²) in [6, 6.07) is 6.02. The van der Waals surface area contributed by atoms with E-state index in [2.05, 4.69) is 20.3 Å². The number of thiazole rings is 1. The number of aryl methyl sites for hydroxylation is 1. The third-order valence-electron chi connectivity index (χ3n) is 5.89. The number of rotatable bonds is 5. The summed E-state index contributed by atoms with van der Waals surface area (Å²) in [4.78, 5) is 31.1. The molecule has 0 aliphatic heterocycles. The zero-order valence-corrected chi connectivity index (χ0v) is 20.0. The van der Waals surface area contributed by atoms with Gasteiger partial charge in [0.15, 0.2) is 5.34 Å². The molecule has 0 amide bonds. The zero-order chi connectivity index (χ0) is 25.6. The molecule has 2 heterocycles. The molecule has 1 saturated carbocycles. The van der Waals surface area contributed by atoms with Crippen LogP contribution in [0.5, 0.6) is 0 Å². The minimum absolute atomic E-state index is 0.0743. The molecule has 0 unspecified atom stereocenters. The Kier molecular flexibility index (Phi) is 6.54. The number of hydrogen-bond donors (Lipinski definition) is 5. The lowest BCUT2D eigenvalue weighted by molar-refractivity contribution is -0.141. The SMILES string of the molecule is Cc1cc(Nc2nccc(C(F)(F)F)n2)cc(-c2cnc(C3(O)CCC(O)(P(=O)(O)O)CC3)s2)c1. The number of nitrogens with zero attached hydrogens (tertiary/aromatic N) is 3. The molecule has 1 aliphatic carbocycles. The minimum atomic E-state index is -4.75. The molecule has 4 rings (SSSR count). The van der Waals surface area contributed by atoms with Crippen LogP contribution in [0.25, 0.3) is 10.4 Å². The van der Waals surface area contributed by atoms with Crippen LogP contribution in [0.1, 0.15) is 41.9 Å². The summed E-state index contributed by atoms with van der Waals surface area (Å²) < 4.78 is 50.4. The lowest BCUT2D eigenvalue weighted by Crippen LogP contribution is -2.41. The van der Waals surface area contributed by atoms with Crippen molar-refractivity contribution in [2.24, 2.45) is 0 Å². The number of aliphatic hydroxyl groups is 2. The third-order valence-corrected chi connectivity index (χ3v) is 8.66. The molecule has 0 radical (unpaired) electrons. The van der Waals surface area contributed by atoms with E-state index in [0.717, 1.165) is 17.8 Å². The maximum absolute atomic E-state index is 12.9. The van der Waals surface area contributed by atoms with Crippen molar-refractivity contribution in [3.8, 4) is 10.4 Å². The maximum Gasteiger partial charge on any atom is 0.433 e. The first kappa shape index (κ1) is 25.7.